The first-order chi connectivity index (χ1) is 13.3. The van der Waals surface area contributed by atoms with Gasteiger partial charge in [0, 0.05) is 42.4 Å². The van der Waals surface area contributed by atoms with Gasteiger partial charge in [-0.3, -0.25) is 0 Å². The largest absolute Gasteiger partial charge is 0.497 e. The number of methoxy groups -OCH3 is 2. The lowest BCUT2D eigenvalue weighted by Crippen LogP contribution is -2.30. The number of para-hydroxylation sites is 1. The normalized spacial score (nSPS) is 14.2. The number of benzene rings is 2. The molecule has 0 radical (unpaired) electrons. The minimum atomic E-state index is 0.574. The third-order valence-electron chi connectivity index (χ3n) is 4.85. The molecule has 0 unspecified atom stereocenters. The van der Waals surface area contributed by atoms with Crippen molar-refractivity contribution in [2.75, 3.05) is 37.5 Å². The Bertz CT molecular complexity index is 916. The number of nitrogens with one attached hydrogen (secondary N) is 1. The van der Waals surface area contributed by atoms with Gasteiger partial charge in [-0.25, -0.2) is 4.98 Å². The van der Waals surface area contributed by atoms with Crippen LogP contribution >= 0.6 is 0 Å². The molecule has 1 N–H and O–H groups in total. The summed E-state index contributed by atoms with van der Waals surface area (Å²) in [5, 5.41) is 4.41. The molecule has 0 atom stereocenters. The van der Waals surface area contributed by atoms with E-state index in [2.05, 4.69) is 16.3 Å². The van der Waals surface area contributed by atoms with Gasteiger partial charge in [0.25, 0.3) is 0 Å². The van der Waals surface area contributed by atoms with E-state index in [1.807, 2.05) is 36.4 Å². The molecule has 1 aromatic heterocycles. The molecule has 0 aliphatic carbocycles. The zero-order valence-electron chi connectivity index (χ0n) is 15.7. The number of ether oxygens (including phenoxy) is 2. The molecular formula is C21H24N4O2. The molecule has 1 saturated heterocycles. The van der Waals surface area contributed by atoms with Crippen LogP contribution < -0.4 is 19.7 Å². The van der Waals surface area contributed by atoms with E-state index in [1.165, 1.54) is 19.3 Å². The summed E-state index contributed by atoms with van der Waals surface area (Å²) in [5.41, 5.74) is 1.76. The van der Waals surface area contributed by atoms with Crippen molar-refractivity contribution in [3.8, 4) is 11.5 Å². The summed E-state index contributed by atoms with van der Waals surface area (Å²) in [4.78, 5) is 11.9. The van der Waals surface area contributed by atoms with Crippen LogP contribution in [0.5, 0.6) is 11.5 Å². The second-order valence-corrected chi connectivity index (χ2v) is 6.66. The van der Waals surface area contributed by atoms with Gasteiger partial charge >= 0.3 is 0 Å². The van der Waals surface area contributed by atoms with Crippen LogP contribution in [0.3, 0.4) is 0 Å². The first kappa shape index (κ1) is 17.4. The molecule has 1 aliphatic rings. The topological polar surface area (TPSA) is 59.5 Å². The van der Waals surface area contributed by atoms with Crippen LogP contribution in [0.2, 0.25) is 0 Å². The Morgan fingerprint density at radius 3 is 2.30 bits per heavy atom. The summed E-state index contributed by atoms with van der Waals surface area (Å²) < 4.78 is 10.7. The van der Waals surface area contributed by atoms with E-state index < -0.39 is 0 Å². The van der Waals surface area contributed by atoms with Crippen molar-refractivity contribution >= 4 is 28.4 Å². The maximum atomic E-state index is 5.36. The Morgan fingerprint density at radius 2 is 1.59 bits per heavy atom. The van der Waals surface area contributed by atoms with Crippen molar-refractivity contribution in [3.05, 3.63) is 42.5 Å². The molecule has 1 fully saturated rings. The number of anilines is 3. The molecule has 0 amide bonds. The number of aromatic nitrogens is 2. The van der Waals surface area contributed by atoms with Gasteiger partial charge in [0.05, 0.1) is 19.7 Å². The van der Waals surface area contributed by atoms with Crippen LogP contribution in [0.4, 0.5) is 17.5 Å². The highest BCUT2D eigenvalue weighted by molar-refractivity contribution is 5.90. The molecule has 1 aliphatic heterocycles. The van der Waals surface area contributed by atoms with Gasteiger partial charge in [-0.15, -0.1) is 0 Å². The summed E-state index contributed by atoms with van der Waals surface area (Å²) in [7, 11) is 3.28. The Balaban J connectivity index is 1.74. The van der Waals surface area contributed by atoms with Gasteiger partial charge in [-0.1, -0.05) is 12.1 Å². The smallest absolute Gasteiger partial charge is 0.229 e. The maximum Gasteiger partial charge on any atom is 0.229 e. The van der Waals surface area contributed by atoms with Crippen LogP contribution in [0.25, 0.3) is 10.9 Å². The van der Waals surface area contributed by atoms with E-state index in [0.29, 0.717) is 17.4 Å². The summed E-state index contributed by atoms with van der Waals surface area (Å²) >= 11 is 0. The molecule has 2 aromatic carbocycles. The summed E-state index contributed by atoms with van der Waals surface area (Å²) in [6.07, 6.45) is 3.69. The molecule has 27 heavy (non-hydrogen) atoms. The van der Waals surface area contributed by atoms with Crippen molar-refractivity contribution in [2.24, 2.45) is 0 Å². The number of hydrogen-bond acceptors (Lipinski definition) is 6. The molecular weight excluding hydrogens is 340 g/mol. The van der Waals surface area contributed by atoms with E-state index in [4.69, 9.17) is 19.4 Å². The SMILES string of the molecule is COc1cc(Nc2nc(N3CCCCC3)c3ccccc3n2)cc(OC)c1. The first-order valence-electron chi connectivity index (χ1n) is 9.28. The number of nitrogens with zero attached hydrogens (tertiary/aromatic N) is 3. The van der Waals surface area contributed by atoms with Crippen molar-refractivity contribution in [1.82, 2.24) is 9.97 Å². The minimum Gasteiger partial charge on any atom is -0.497 e. The standard InChI is InChI=1S/C21H24N4O2/c1-26-16-12-15(13-17(14-16)27-2)22-21-23-19-9-5-4-8-18(19)20(24-21)25-10-6-3-7-11-25/h4-5,8-9,12-14H,3,6-7,10-11H2,1-2H3,(H,22,23,24). The molecule has 0 spiro atoms. The monoisotopic (exact) mass is 364 g/mol. The zero-order valence-corrected chi connectivity index (χ0v) is 15.7. The number of piperidine rings is 1. The lowest BCUT2D eigenvalue weighted by atomic mass is 10.1. The van der Waals surface area contributed by atoms with Crippen molar-refractivity contribution in [2.45, 2.75) is 19.3 Å². The van der Waals surface area contributed by atoms with Crippen molar-refractivity contribution < 1.29 is 9.47 Å². The third-order valence-corrected chi connectivity index (χ3v) is 4.85. The fourth-order valence-electron chi connectivity index (χ4n) is 3.47. The Kier molecular flexibility index (Phi) is 4.96. The lowest BCUT2D eigenvalue weighted by molar-refractivity contribution is 0.395. The number of rotatable bonds is 5. The third kappa shape index (κ3) is 3.74. The molecule has 3 aromatic rings. The minimum absolute atomic E-state index is 0.574. The lowest BCUT2D eigenvalue weighted by Gasteiger charge is -2.29. The van der Waals surface area contributed by atoms with E-state index in [0.717, 1.165) is 35.5 Å². The van der Waals surface area contributed by atoms with Gasteiger partial charge in [-0.2, -0.15) is 4.98 Å². The number of fused-ring (bicyclic) bond motifs is 1. The molecule has 140 valence electrons. The Hall–Kier alpha value is -3.02. The quantitative estimate of drug-likeness (QED) is 0.725. The highest BCUT2D eigenvalue weighted by Crippen LogP contribution is 2.31. The van der Waals surface area contributed by atoms with Crippen molar-refractivity contribution in [1.29, 1.82) is 0 Å². The summed E-state index contributed by atoms with van der Waals surface area (Å²) in [5.74, 6) is 3.00. The summed E-state index contributed by atoms with van der Waals surface area (Å²) in [6.45, 7) is 2.07. The number of hydrogen-bond donors (Lipinski definition) is 1. The van der Waals surface area contributed by atoms with Gasteiger partial charge in [-0.05, 0) is 31.4 Å². The fourth-order valence-corrected chi connectivity index (χ4v) is 3.47. The van der Waals surface area contributed by atoms with Gasteiger partial charge < -0.3 is 19.7 Å². The van der Waals surface area contributed by atoms with Gasteiger partial charge in [0.2, 0.25) is 5.95 Å². The van der Waals surface area contributed by atoms with E-state index in [-0.39, 0.29) is 0 Å². The predicted molar refractivity (Wildman–Crippen MR) is 108 cm³/mol. The second-order valence-electron chi connectivity index (χ2n) is 6.66. The average molecular weight is 364 g/mol. The first-order valence-corrected chi connectivity index (χ1v) is 9.28. The highest BCUT2D eigenvalue weighted by Gasteiger charge is 2.17. The van der Waals surface area contributed by atoms with E-state index in [9.17, 15) is 0 Å². The van der Waals surface area contributed by atoms with Crippen molar-refractivity contribution in [3.63, 3.8) is 0 Å². The van der Waals surface area contributed by atoms with Crippen LogP contribution in [-0.4, -0.2) is 37.3 Å². The van der Waals surface area contributed by atoms with Crippen LogP contribution in [0, 0.1) is 0 Å². The van der Waals surface area contributed by atoms with E-state index >= 15 is 0 Å². The predicted octanol–water partition coefficient (Wildman–Crippen LogP) is 4.38. The summed E-state index contributed by atoms with van der Waals surface area (Å²) in [6, 6.07) is 13.8. The maximum absolute atomic E-state index is 5.36. The average Bonchev–Trinajstić information content (AvgIpc) is 2.73. The molecule has 0 saturated carbocycles. The van der Waals surface area contributed by atoms with Gasteiger partial charge in [0.1, 0.15) is 17.3 Å². The molecule has 2 heterocycles. The second kappa shape index (κ2) is 7.70. The Labute approximate surface area is 159 Å². The fraction of sp³-hybridized carbons (Fsp3) is 0.333. The molecule has 6 nitrogen and oxygen atoms in total. The highest BCUT2D eigenvalue weighted by atomic mass is 16.5. The van der Waals surface area contributed by atoms with Crippen LogP contribution in [0.15, 0.2) is 42.5 Å². The molecule has 6 heteroatoms. The Morgan fingerprint density at radius 1 is 0.889 bits per heavy atom. The molecule has 0 bridgehead atoms. The van der Waals surface area contributed by atoms with Crippen LogP contribution in [-0.2, 0) is 0 Å². The van der Waals surface area contributed by atoms with Gasteiger partial charge in [0.15, 0.2) is 0 Å². The van der Waals surface area contributed by atoms with Crippen LogP contribution in [0.1, 0.15) is 19.3 Å². The molecule has 4 rings (SSSR count). The van der Waals surface area contributed by atoms with E-state index in [1.54, 1.807) is 14.2 Å². The zero-order chi connectivity index (χ0) is 18.6.